The first kappa shape index (κ1) is 43.5. The van der Waals surface area contributed by atoms with Crippen molar-refractivity contribution in [2.24, 2.45) is 10.8 Å². The smallest absolute Gasteiger partial charge is 0.300 e. The van der Waals surface area contributed by atoms with Crippen LogP contribution in [-0.4, -0.2) is 95.0 Å². The zero-order valence-electron chi connectivity index (χ0n) is 36.4. The van der Waals surface area contributed by atoms with Gasteiger partial charge in [0.25, 0.3) is 0 Å². The van der Waals surface area contributed by atoms with E-state index in [0.717, 1.165) is 64.1 Å². The topological polar surface area (TPSA) is 150 Å². The third kappa shape index (κ3) is 6.95. The van der Waals surface area contributed by atoms with Crippen LogP contribution in [0.4, 0.5) is 9.59 Å². The largest absolute Gasteiger partial charge is 0.332 e. The van der Waals surface area contributed by atoms with E-state index < -0.39 is 70.2 Å². The summed E-state index contributed by atoms with van der Waals surface area (Å²) in [6.07, 6.45) is 0.328. The Bertz CT molecular complexity index is 2150. The predicted octanol–water partition coefficient (Wildman–Crippen LogP) is 7.14. The fraction of sp³-hybridized carbons (Fsp3) is 0.360. The van der Waals surface area contributed by atoms with E-state index >= 15 is 0 Å². The molecule has 0 N–H and O–H groups in total. The quantitative estimate of drug-likeness (QED) is 0.197. The van der Waals surface area contributed by atoms with E-state index in [4.69, 9.17) is 0 Å². The summed E-state index contributed by atoms with van der Waals surface area (Å²) in [6.45, 7) is 7.82. The maximum atomic E-state index is 13.8. The van der Waals surface area contributed by atoms with Crippen molar-refractivity contribution in [2.75, 3.05) is 28.2 Å². The van der Waals surface area contributed by atoms with Gasteiger partial charge in [0.15, 0.2) is 0 Å². The van der Waals surface area contributed by atoms with Crippen molar-refractivity contribution in [2.45, 2.75) is 77.0 Å². The minimum Gasteiger partial charge on any atom is -0.300 e. The molecule has 12 nitrogen and oxygen atoms in total. The standard InChI is InChI=1S/2C25H26N2O4/c2*1-15-5-9-17(10-6-15)20-13-19(28)14-21(18-11-7-16(2)8-12-18)25(20)22(29)26(3)24(31)27(4)23(25)30/h2*5-12,20-21H,13-14H2,1-4H3/t2*20-,21+. The number of barbiturate groups is 2. The summed E-state index contributed by atoms with van der Waals surface area (Å²) in [5.74, 6) is -4.76. The van der Waals surface area contributed by atoms with Crippen LogP contribution in [0.3, 0.4) is 0 Å². The number of carbonyl (C=O) groups excluding carboxylic acids is 8. The summed E-state index contributed by atoms with van der Waals surface area (Å²) in [5, 5.41) is 0. The average molecular weight is 837 g/mol. The van der Waals surface area contributed by atoms with Gasteiger partial charge in [-0.15, -0.1) is 0 Å². The van der Waals surface area contributed by atoms with Gasteiger partial charge >= 0.3 is 12.1 Å². The molecule has 2 saturated heterocycles. The van der Waals surface area contributed by atoms with Gasteiger partial charge in [-0.25, -0.2) is 9.59 Å². The number of Topliss-reactive ketones (excluding diaryl/α,β-unsaturated/α-hetero) is 2. The normalized spacial score (nSPS) is 23.6. The summed E-state index contributed by atoms with van der Waals surface area (Å²) >= 11 is 0. The lowest BCUT2D eigenvalue weighted by molar-refractivity contribution is -0.166. The first-order valence-corrected chi connectivity index (χ1v) is 20.9. The lowest BCUT2D eigenvalue weighted by atomic mass is 9.54. The van der Waals surface area contributed by atoms with Gasteiger partial charge < -0.3 is 0 Å². The molecule has 0 bridgehead atoms. The molecule has 2 saturated carbocycles. The van der Waals surface area contributed by atoms with E-state index in [2.05, 4.69) is 0 Å². The van der Waals surface area contributed by atoms with E-state index in [9.17, 15) is 38.4 Å². The van der Waals surface area contributed by atoms with Gasteiger partial charge in [-0.05, 0) is 49.9 Å². The highest BCUT2D eigenvalue weighted by Crippen LogP contribution is 2.59. The SMILES string of the molecule is Cc1ccc([C@H]2CC(=O)C[C@@H](c3ccc(C)cc3)C23C(=O)N(C)C(=O)N(C)C3=O)cc1.Cc1ccc([C@H]2CC(=O)C[C@@H](c3ccc(C)cc3)C23C(=O)N(C)C(=O)N(C)C3=O)cc1. The summed E-state index contributed by atoms with van der Waals surface area (Å²) in [5.41, 5.74) is 4.08. The summed E-state index contributed by atoms with van der Waals surface area (Å²) in [4.78, 5) is 110. The number of imide groups is 4. The average Bonchev–Trinajstić information content (AvgIpc) is 3.26. The van der Waals surface area contributed by atoms with E-state index in [1.54, 1.807) is 0 Å². The van der Waals surface area contributed by atoms with Gasteiger partial charge in [-0.3, -0.25) is 48.4 Å². The highest BCUT2D eigenvalue weighted by molar-refractivity contribution is 6.22. The van der Waals surface area contributed by atoms with Crippen LogP contribution in [0, 0.1) is 38.5 Å². The van der Waals surface area contributed by atoms with Crippen molar-refractivity contribution in [3.63, 3.8) is 0 Å². The van der Waals surface area contributed by atoms with E-state index in [-0.39, 0.29) is 37.2 Å². The fourth-order valence-electron chi connectivity index (χ4n) is 10.2. The Morgan fingerprint density at radius 1 is 0.339 bits per heavy atom. The number of benzene rings is 4. The van der Waals surface area contributed by atoms with Crippen molar-refractivity contribution in [3.05, 3.63) is 142 Å². The van der Waals surface area contributed by atoms with E-state index in [1.807, 2.05) is 125 Å². The summed E-state index contributed by atoms with van der Waals surface area (Å²) in [6, 6.07) is 29.1. The molecular weight excluding hydrogens is 785 g/mol. The van der Waals surface area contributed by atoms with Crippen molar-refractivity contribution < 1.29 is 38.4 Å². The third-order valence-corrected chi connectivity index (χ3v) is 13.6. The van der Waals surface area contributed by atoms with Crippen LogP contribution >= 0.6 is 0 Å². The van der Waals surface area contributed by atoms with Crippen LogP contribution in [0.15, 0.2) is 97.1 Å². The number of amides is 8. The molecule has 4 aromatic carbocycles. The van der Waals surface area contributed by atoms with Crippen LogP contribution in [0.5, 0.6) is 0 Å². The van der Waals surface area contributed by atoms with Gasteiger partial charge in [0.05, 0.1) is 0 Å². The highest BCUT2D eigenvalue weighted by atomic mass is 16.2. The Morgan fingerprint density at radius 3 is 0.694 bits per heavy atom. The van der Waals surface area contributed by atoms with Crippen molar-refractivity contribution in [1.82, 2.24) is 19.6 Å². The Balaban J connectivity index is 0.000000186. The Morgan fingerprint density at radius 2 is 0.516 bits per heavy atom. The molecule has 62 heavy (non-hydrogen) atoms. The lowest BCUT2D eigenvalue weighted by Gasteiger charge is -2.51. The molecule has 4 fully saturated rings. The molecule has 4 aliphatic rings. The van der Waals surface area contributed by atoms with Gasteiger partial charge in [-0.1, -0.05) is 119 Å². The highest BCUT2D eigenvalue weighted by Gasteiger charge is 2.67. The molecule has 2 spiro atoms. The molecule has 0 aromatic heterocycles. The first-order valence-electron chi connectivity index (χ1n) is 20.9. The molecule has 320 valence electrons. The van der Waals surface area contributed by atoms with Crippen LogP contribution in [0.2, 0.25) is 0 Å². The molecule has 2 aliphatic carbocycles. The number of carbonyl (C=O) groups is 8. The van der Waals surface area contributed by atoms with Gasteiger partial charge in [-0.2, -0.15) is 0 Å². The van der Waals surface area contributed by atoms with E-state index in [1.165, 1.54) is 28.2 Å². The zero-order valence-corrected chi connectivity index (χ0v) is 36.4. The van der Waals surface area contributed by atoms with Crippen LogP contribution in [0.25, 0.3) is 0 Å². The van der Waals surface area contributed by atoms with Crippen molar-refractivity contribution >= 4 is 47.3 Å². The van der Waals surface area contributed by atoms with E-state index in [0.29, 0.717) is 0 Å². The Hall–Kier alpha value is -6.56. The van der Waals surface area contributed by atoms with Gasteiger partial charge in [0, 0.05) is 77.5 Å². The second-order valence-corrected chi connectivity index (χ2v) is 17.5. The fourth-order valence-corrected chi connectivity index (χ4v) is 10.2. The maximum Gasteiger partial charge on any atom is 0.332 e. The number of hydrogen-bond donors (Lipinski definition) is 0. The number of hydrogen-bond acceptors (Lipinski definition) is 8. The number of rotatable bonds is 4. The monoisotopic (exact) mass is 836 g/mol. The Labute approximate surface area is 361 Å². The molecule has 2 heterocycles. The van der Waals surface area contributed by atoms with Crippen molar-refractivity contribution in [1.29, 1.82) is 0 Å². The lowest BCUT2D eigenvalue weighted by Crippen LogP contribution is -2.68. The number of aryl methyl sites for hydroxylation is 4. The zero-order chi connectivity index (χ0) is 45.0. The maximum absolute atomic E-state index is 13.8. The number of nitrogens with zero attached hydrogens (tertiary/aromatic N) is 4. The molecule has 4 aromatic rings. The predicted molar refractivity (Wildman–Crippen MR) is 231 cm³/mol. The molecule has 8 rings (SSSR count). The summed E-state index contributed by atoms with van der Waals surface area (Å²) < 4.78 is 0. The molecule has 0 radical (unpaired) electrons. The number of urea groups is 2. The molecule has 8 amide bonds. The van der Waals surface area contributed by atoms with Gasteiger partial charge in [0.2, 0.25) is 23.6 Å². The van der Waals surface area contributed by atoms with Crippen LogP contribution in [-0.2, 0) is 28.8 Å². The molecule has 2 aliphatic heterocycles. The van der Waals surface area contributed by atoms with Crippen LogP contribution < -0.4 is 0 Å². The second-order valence-electron chi connectivity index (χ2n) is 17.5. The van der Waals surface area contributed by atoms with Crippen LogP contribution in [0.1, 0.15) is 93.9 Å². The molecular formula is C50H52N4O8. The molecule has 4 atom stereocenters. The minimum absolute atomic E-state index is 0.00424. The molecule has 0 unspecified atom stereocenters. The first-order chi connectivity index (χ1) is 29.3. The Kier molecular flexibility index (Phi) is 11.5. The molecule has 12 heteroatoms. The minimum atomic E-state index is -1.56. The third-order valence-electron chi connectivity index (χ3n) is 13.6. The van der Waals surface area contributed by atoms with Crippen molar-refractivity contribution in [3.8, 4) is 0 Å². The number of ketones is 2. The second kappa shape index (κ2) is 16.4. The van der Waals surface area contributed by atoms with Gasteiger partial charge in [0.1, 0.15) is 22.4 Å². The summed E-state index contributed by atoms with van der Waals surface area (Å²) in [7, 11) is 5.63.